The van der Waals surface area contributed by atoms with Crippen LogP contribution in [0.5, 0.6) is 17.2 Å². The molecule has 2 aromatic carbocycles. The maximum Gasteiger partial charge on any atom is 0.276 e. The second-order valence-electron chi connectivity index (χ2n) is 5.41. The summed E-state index contributed by atoms with van der Waals surface area (Å²) in [5, 5.41) is 6.64. The number of aryl methyl sites for hydroxylation is 1. The largest absolute Gasteiger partial charge is 0.493 e. The molecule has 0 aliphatic carbocycles. The van der Waals surface area contributed by atoms with Gasteiger partial charge in [0.2, 0.25) is 0 Å². The van der Waals surface area contributed by atoms with E-state index in [2.05, 4.69) is 10.4 Å². The minimum absolute atomic E-state index is 0.154. The van der Waals surface area contributed by atoms with Crippen LogP contribution in [-0.2, 0) is 7.05 Å². The zero-order chi connectivity index (χ0) is 18.5. The number of aromatic nitrogens is 2. The second-order valence-corrected chi connectivity index (χ2v) is 5.41. The molecular weight excluding hydrogens is 334 g/mol. The number of anilines is 1. The van der Waals surface area contributed by atoms with Gasteiger partial charge in [0, 0.05) is 18.8 Å². The average Bonchev–Trinajstić information content (AvgIpc) is 2.66. The molecule has 3 rings (SSSR count). The van der Waals surface area contributed by atoms with Crippen LogP contribution < -0.4 is 20.3 Å². The highest BCUT2D eigenvalue weighted by molar-refractivity contribution is 6.02. The van der Waals surface area contributed by atoms with Gasteiger partial charge in [0.05, 0.1) is 7.11 Å². The SMILES string of the molecule is COc1ccccc1Oc1ccc(NC(=O)c2ccc(=O)n(C)n2)cc1. The van der Waals surface area contributed by atoms with Crippen LogP contribution in [0.1, 0.15) is 10.5 Å². The summed E-state index contributed by atoms with van der Waals surface area (Å²) in [6, 6.07) is 16.9. The van der Waals surface area contributed by atoms with E-state index in [1.165, 1.54) is 19.2 Å². The molecule has 7 heteroatoms. The van der Waals surface area contributed by atoms with Crippen molar-refractivity contribution in [2.75, 3.05) is 12.4 Å². The van der Waals surface area contributed by atoms with Crippen LogP contribution in [0.15, 0.2) is 65.5 Å². The number of hydrogen-bond acceptors (Lipinski definition) is 5. The Morgan fingerprint density at radius 2 is 1.69 bits per heavy atom. The summed E-state index contributed by atoms with van der Waals surface area (Å²) in [4.78, 5) is 23.5. The van der Waals surface area contributed by atoms with Gasteiger partial charge in [0.1, 0.15) is 11.4 Å². The van der Waals surface area contributed by atoms with Gasteiger partial charge in [0.15, 0.2) is 11.5 Å². The minimum Gasteiger partial charge on any atom is -0.493 e. The number of para-hydroxylation sites is 2. The number of carbonyl (C=O) groups excluding carboxylic acids is 1. The van der Waals surface area contributed by atoms with Crippen LogP contribution in [0.3, 0.4) is 0 Å². The molecule has 0 bridgehead atoms. The number of nitrogens with zero attached hydrogens (tertiary/aromatic N) is 2. The van der Waals surface area contributed by atoms with Crippen molar-refractivity contribution in [1.29, 1.82) is 0 Å². The smallest absolute Gasteiger partial charge is 0.276 e. The van der Waals surface area contributed by atoms with Gasteiger partial charge in [-0.3, -0.25) is 9.59 Å². The molecule has 0 aliphatic heterocycles. The fraction of sp³-hybridized carbons (Fsp3) is 0.105. The van der Waals surface area contributed by atoms with Crippen molar-refractivity contribution >= 4 is 11.6 Å². The van der Waals surface area contributed by atoms with Crippen molar-refractivity contribution in [2.24, 2.45) is 7.05 Å². The van der Waals surface area contributed by atoms with E-state index < -0.39 is 5.91 Å². The lowest BCUT2D eigenvalue weighted by molar-refractivity contribution is 0.102. The Bertz CT molecular complexity index is 981. The normalized spacial score (nSPS) is 10.2. The molecular formula is C19H17N3O4. The lowest BCUT2D eigenvalue weighted by Crippen LogP contribution is -2.23. The first kappa shape index (κ1) is 17.2. The first-order valence-electron chi connectivity index (χ1n) is 7.83. The number of hydrogen-bond donors (Lipinski definition) is 1. The number of rotatable bonds is 5. The molecule has 0 fully saturated rings. The summed E-state index contributed by atoms with van der Waals surface area (Å²) in [6.07, 6.45) is 0. The number of ether oxygens (including phenoxy) is 2. The summed E-state index contributed by atoms with van der Waals surface area (Å²) in [7, 11) is 3.07. The third kappa shape index (κ3) is 3.89. The molecule has 7 nitrogen and oxygen atoms in total. The zero-order valence-corrected chi connectivity index (χ0v) is 14.3. The molecule has 26 heavy (non-hydrogen) atoms. The number of carbonyl (C=O) groups is 1. The number of amides is 1. The summed E-state index contributed by atoms with van der Waals surface area (Å²) in [6.45, 7) is 0. The Balaban J connectivity index is 1.70. The fourth-order valence-electron chi connectivity index (χ4n) is 2.25. The molecule has 0 spiro atoms. The van der Waals surface area contributed by atoms with Gasteiger partial charge in [-0.1, -0.05) is 12.1 Å². The van der Waals surface area contributed by atoms with E-state index in [4.69, 9.17) is 9.47 Å². The van der Waals surface area contributed by atoms with E-state index in [0.29, 0.717) is 22.9 Å². The van der Waals surface area contributed by atoms with Crippen LogP contribution in [-0.4, -0.2) is 22.8 Å². The minimum atomic E-state index is -0.404. The van der Waals surface area contributed by atoms with Gasteiger partial charge in [-0.2, -0.15) is 5.10 Å². The van der Waals surface area contributed by atoms with Crippen molar-refractivity contribution in [3.05, 3.63) is 76.7 Å². The third-order valence-corrected chi connectivity index (χ3v) is 3.60. The molecule has 1 aromatic heterocycles. The lowest BCUT2D eigenvalue weighted by Gasteiger charge is -2.10. The van der Waals surface area contributed by atoms with Gasteiger partial charge < -0.3 is 14.8 Å². The highest BCUT2D eigenvalue weighted by Gasteiger charge is 2.09. The van der Waals surface area contributed by atoms with E-state index in [9.17, 15) is 9.59 Å². The summed E-state index contributed by atoms with van der Waals surface area (Å²) >= 11 is 0. The van der Waals surface area contributed by atoms with E-state index in [-0.39, 0.29) is 11.3 Å². The van der Waals surface area contributed by atoms with Crippen LogP contribution in [0, 0.1) is 0 Å². The molecule has 0 radical (unpaired) electrons. The summed E-state index contributed by atoms with van der Waals surface area (Å²) in [5.74, 6) is 1.43. The zero-order valence-electron chi connectivity index (χ0n) is 14.3. The number of benzene rings is 2. The monoisotopic (exact) mass is 351 g/mol. The standard InChI is InChI=1S/C19H17N3O4/c1-22-18(23)12-11-15(21-22)19(24)20-13-7-9-14(10-8-13)26-17-6-4-3-5-16(17)25-2/h3-12H,1-2H3,(H,20,24). The maximum atomic E-state index is 12.2. The maximum absolute atomic E-state index is 12.2. The quantitative estimate of drug-likeness (QED) is 0.764. The molecule has 0 unspecified atom stereocenters. The summed E-state index contributed by atoms with van der Waals surface area (Å²) in [5.41, 5.74) is 0.457. The van der Waals surface area contributed by atoms with Gasteiger partial charge in [-0.15, -0.1) is 0 Å². The average molecular weight is 351 g/mol. The van der Waals surface area contributed by atoms with Crippen LogP contribution in [0.25, 0.3) is 0 Å². The molecule has 0 saturated carbocycles. The fourth-order valence-corrected chi connectivity index (χ4v) is 2.25. The van der Waals surface area contributed by atoms with E-state index in [1.807, 2.05) is 18.2 Å². The van der Waals surface area contributed by atoms with Crippen molar-refractivity contribution in [3.63, 3.8) is 0 Å². The van der Waals surface area contributed by atoms with Crippen LogP contribution in [0.2, 0.25) is 0 Å². The first-order chi connectivity index (χ1) is 12.6. The Labute approximate surface area is 149 Å². The highest BCUT2D eigenvalue weighted by Crippen LogP contribution is 2.31. The Morgan fingerprint density at radius 1 is 1.00 bits per heavy atom. The van der Waals surface area contributed by atoms with Crippen molar-refractivity contribution in [2.45, 2.75) is 0 Å². The van der Waals surface area contributed by atoms with E-state index in [1.54, 1.807) is 37.4 Å². The van der Waals surface area contributed by atoms with Gasteiger partial charge in [0.25, 0.3) is 11.5 Å². The van der Waals surface area contributed by atoms with Crippen molar-refractivity contribution in [3.8, 4) is 17.2 Å². The van der Waals surface area contributed by atoms with E-state index >= 15 is 0 Å². The van der Waals surface area contributed by atoms with Crippen molar-refractivity contribution < 1.29 is 14.3 Å². The Morgan fingerprint density at radius 3 is 2.35 bits per heavy atom. The second kappa shape index (κ2) is 7.52. The number of nitrogens with one attached hydrogen (secondary N) is 1. The lowest BCUT2D eigenvalue weighted by atomic mass is 10.2. The predicted molar refractivity (Wildman–Crippen MR) is 96.9 cm³/mol. The molecule has 0 saturated heterocycles. The van der Waals surface area contributed by atoms with Gasteiger partial charge >= 0.3 is 0 Å². The van der Waals surface area contributed by atoms with E-state index in [0.717, 1.165) is 4.68 Å². The predicted octanol–water partition coefficient (Wildman–Crippen LogP) is 2.83. The van der Waals surface area contributed by atoms with Crippen LogP contribution >= 0.6 is 0 Å². The molecule has 132 valence electrons. The molecule has 1 N–H and O–H groups in total. The Hall–Kier alpha value is -3.61. The first-order valence-corrected chi connectivity index (χ1v) is 7.83. The molecule has 3 aromatic rings. The molecule has 0 atom stereocenters. The van der Waals surface area contributed by atoms with Gasteiger partial charge in [-0.05, 0) is 42.5 Å². The van der Waals surface area contributed by atoms with Crippen molar-refractivity contribution in [1.82, 2.24) is 9.78 Å². The Kier molecular flexibility index (Phi) is 4.98. The summed E-state index contributed by atoms with van der Waals surface area (Å²) < 4.78 is 12.1. The van der Waals surface area contributed by atoms with Gasteiger partial charge in [-0.25, -0.2) is 4.68 Å². The van der Waals surface area contributed by atoms with Crippen LogP contribution in [0.4, 0.5) is 5.69 Å². The highest BCUT2D eigenvalue weighted by atomic mass is 16.5. The third-order valence-electron chi connectivity index (χ3n) is 3.60. The molecule has 1 heterocycles. The number of methoxy groups -OCH3 is 1. The molecule has 0 aliphatic rings. The molecule has 1 amide bonds. The topological polar surface area (TPSA) is 82.5 Å².